The van der Waals surface area contributed by atoms with Gasteiger partial charge in [-0.2, -0.15) is 0 Å². The Bertz CT molecular complexity index is 915. The lowest BCUT2D eigenvalue weighted by Gasteiger charge is -2.15. The fourth-order valence-corrected chi connectivity index (χ4v) is 3.30. The number of rotatable bonds is 10. The van der Waals surface area contributed by atoms with E-state index in [0.717, 1.165) is 29.8 Å². The van der Waals surface area contributed by atoms with Gasteiger partial charge < -0.3 is 19.5 Å². The van der Waals surface area contributed by atoms with Gasteiger partial charge in [0.25, 0.3) is 0 Å². The van der Waals surface area contributed by atoms with Crippen LogP contribution in [0.1, 0.15) is 16.7 Å². The van der Waals surface area contributed by atoms with E-state index in [9.17, 15) is 0 Å². The number of hydrogen-bond donors (Lipinski definition) is 1. The molecule has 5 heteroatoms. The van der Waals surface area contributed by atoms with E-state index >= 15 is 0 Å². The molecule has 152 valence electrons. The molecule has 0 radical (unpaired) electrons. The zero-order valence-electron chi connectivity index (χ0n) is 16.8. The second-order valence-electron chi connectivity index (χ2n) is 6.61. The summed E-state index contributed by atoms with van der Waals surface area (Å²) in [5, 5.41) is 4.09. The van der Waals surface area contributed by atoms with Gasteiger partial charge in [-0.15, -0.1) is 0 Å². The summed E-state index contributed by atoms with van der Waals surface area (Å²) < 4.78 is 16.8. The van der Waals surface area contributed by atoms with Gasteiger partial charge in [0, 0.05) is 17.6 Å². The largest absolute Gasteiger partial charge is 0.496 e. The maximum atomic E-state index is 6.49. The molecule has 0 aliphatic rings. The van der Waals surface area contributed by atoms with E-state index in [1.54, 1.807) is 14.2 Å². The van der Waals surface area contributed by atoms with Crippen molar-refractivity contribution in [1.82, 2.24) is 5.32 Å². The number of para-hydroxylation sites is 1. The molecule has 0 atom stereocenters. The van der Waals surface area contributed by atoms with Crippen LogP contribution in [0.4, 0.5) is 0 Å². The highest BCUT2D eigenvalue weighted by atomic mass is 35.5. The van der Waals surface area contributed by atoms with Crippen molar-refractivity contribution >= 4 is 11.6 Å². The molecule has 29 heavy (non-hydrogen) atoms. The number of halogens is 1. The summed E-state index contributed by atoms with van der Waals surface area (Å²) in [6, 6.07) is 21.8. The molecule has 0 fully saturated rings. The topological polar surface area (TPSA) is 39.7 Å². The smallest absolute Gasteiger partial charge is 0.163 e. The fourth-order valence-electron chi connectivity index (χ4n) is 3.08. The van der Waals surface area contributed by atoms with Crippen LogP contribution in [0.5, 0.6) is 17.2 Å². The van der Waals surface area contributed by atoms with Crippen molar-refractivity contribution in [3.05, 3.63) is 88.4 Å². The molecule has 3 rings (SSSR count). The standard InChI is InChI=1S/C24H26ClNO3/c1-27-22-11-7-6-10-19(22)12-13-26-16-20-14-23(28-2)24(15-21(20)25)29-17-18-8-4-3-5-9-18/h3-11,14-15,26H,12-13,16-17H2,1-2H3. The zero-order valence-corrected chi connectivity index (χ0v) is 17.5. The molecule has 0 amide bonds. The molecule has 0 bridgehead atoms. The van der Waals surface area contributed by atoms with Crippen LogP contribution in [0.3, 0.4) is 0 Å². The molecule has 1 N–H and O–H groups in total. The first-order chi connectivity index (χ1) is 14.2. The molecule has 0 aliphatic heterocycles. The molecular formula is C24H26ClNO3. The highest BCUT2D eigenvalue weighted by Crippen LogP contribution is 2.34. The van der Waals surface area contributed by atoms with Gasteiger partial charge in [-0.05, 0) is 41.8 Å². The summed E-state index contributed by atoms with van der Waals surface area (Å²) in [6.45, 7) is 1.92. The maximum absolute atomic E-state index is 6.49. The molecular weight excluding hydrogens is 386 g/mol. The minimum absolute atomic E-state index is 0.462. The Morgan fingerprint density at radius 2 is 1.52 bits per heavy atom. The molecule has 0 spiro atoms. The van der Waals surface area contributed by atoms with E-state index in [2.05, 4.69) is 11.4 Å². The summed E-state index contributed by atoms with van der Waals surface area (Å²) in [7, 11) is 3.33. The van der Waals surface area contributed by atoms with Crippen LogP contribution < -0.4 is 19.5 Å². The Labute approximate surface area is 177 Å². The van der Waals surface area contributed by atoms with E-state index in [0.29, 0.717) is 29.7 Å². The monoisotopic (exact) mass is 411 g/mol. The third-order valence-electron chi connectivity index (χ3n) is 4.65. The van der Waals surface area contributed by atoms with Gasteiger partial charge in [0.2, 0.25) is 0 Å². The Hall–Kier alpha value is -2.69. The Kier molecular flexibility index (Phi) is 7.79. The van der Waals surface area contributed by atoms with Crippen LogP contribution in [-0.2, 0) is 19.6 Å². The highest BCUT2D eigenvalue weighted by molar-refractivity contribution is 6.31. The highest BCUT2D eigenvalue weighted by Gasteiger charge is 2.11. The van der Waals surface area contributed by atoms with Gasteiger partial charge >= 0.3 is 0 Å². The number of nitrogens with one attached hydrogen (secondary N) is 1. The summed E-state index contributed by atoms with van der Waals surface area (Å²) >= 11 is 6.49. The van der Waals surface area contributed by atoms with E-state index in [1.807, 2.05) is 60.7 Å². The van der Waals surface area contributed by atoms with Crippen molar-refractivity contribution in [2.45, 2.75) is 19.6 Å². The third kappa shape index (κ3) is 5.89. The first-order valence-corrected chi connectivity index (χ1v) is 9.94. The average molecular weight is 412 g/mol. The lowest BCUT2D eigenvalue weighted by atomic mass is 10.1. The van der Waals surface area contributed by atoms with Crippen molar-refractivity contribution in [2.24, 2.45) is 0 Å². The van der Waals surface area contributed by atoms with Gasteiger partial charge in [-0.3, -0.25) is 0 Å². The first-order valence-electron chi connectivity index (χ1n) is 9.57. The Morgan fingerprint density at radius 3 is 2.28 bits per heavy atom. The van der Waals surface area contributed by atoms with Gasteiger partial charge in [0.05, 0.1) is 14.2 Å². The quantitative estimate of drug-likeness (QED) is 0.461. The number of benzene rings is 3. The summed E-state index contributed by atoms with van der Waals surface area (Å²) in [5.41, 5.74) is 3.24. The molecule has 0 saturated heterocycles. The minimum Gasteiger partial charge on any atom is -0.496 e. The van der Waals surface area contributed by atoms with Crippen molar-refractivity contribution in [2.75, 3.05) is 20.8 Å². The SMILES string of the molecule is COc1ccccc1CCNCc1cc(OC)c(OCc2ccccc2)cc1Cl. The van der Waals surface area contributed by atoms with Gasteiger partial charge in [-0.25, -0.2) is 0 Å². The van der Waals surface area contributed by atoms with Crippen LogP contribution in [0.2, 0.25) is 5.02 Å². The van der Waals surface area contributed by atoms with Crippen LogP contribution in [0, 0.1) is 0 Å². The van der Waals surface area contributed by atoms with Crippen molar-refractivity contribution in [3.63, 3.8) is 0 Å². The van der Waals surface area contributed by atoms with Crippen LogP contribution in [0.15, 0.2) is 66.7 Å². The zero-order chi connectivity index (χ0) is 20.5. The van der Waals surface area contributed by atoms with Crippen molar-refractivity contribution < 1.29 is 14.2 Å². The number of hydrogen-bond acceptors (Lipinski definition) is 4. The van der Waals surface area contributed by atoms with Crippen molar-refractivity contribution in [3.8, 4) is 17.2 Å². The first kappa shape index (κ1) is 21.0. The molecule has 3 aromatic carbocycles. The van der Waals surface area contributed by atoms with E-state index in [-0.39, 0.29) is 0 Å². The fraction of sp³-hybridized carbons (Fsp3) is 0.250. The third-order valence-corrected chi connectivity index (χ3v) is 5.00. The minimum atomic E-state index is 0.462. The Balaban J connectivity index is 1.58. The lowest BCUT2D eigenvalue weighted by Crippen LogP contribution is -2.17. The van der Waals surface area contributed by atoms with Crippen LogP contribution in [-0.4, -0.2) is 20.8 Å². The molecule has 0 unspecified atom stereocenters. The molecule has 0 heterocycles. The van der Waals surface area contributed by atoms with Gasteiger partial charge in [0.15, 0.2) is 11.5 Å². The predicted molar refractivity (Wildman–Crippen MR) is 117 cm³/mol. The van der Waals surface area contributed by atoms with Crippen LogP contribution in [0.25, 0.3) is 0 Å². The Morgan fingerprint density at radius 1 is 0.793 bits per heavy atom. The molecule has 0 aliphatic carbocycles. The summed E-state index contributed by atoms with van der Waals surface area (Å²) in [5.74, 6) is 2.22. The molecule has 0 saturated carbocycles. The van der Waals surface area contributed by atoms with Crippen LogP contribution >= 0.6 is 11.6 Å². The normalized spacial score (nSPS) is 10.6. The van der Waals surface area contributed by atoms with E-state index < -0.39 is 0 Å². The summed E-state index contributed by atoms with van der Waals surface area (Å²) in [6.07, 6.45) is 0.872. The summed E-state index contributed by atoms with van der Waals surface area (Å²) in [4.78, 5) is 0. The predicted octanol–water partition coefficient (Wildman–Crippen LogP) is 5.27. The second kappa shape index (κ2) is 10.7. The van der Waals surface area contributed by atoms with Gasteiger partial charge in [-0.1, -0.05) is 60.1 Å². The average Bonchev–Trinajstić information content (AvgIpc) is 2.77. The van der Waals surface area contributed by atoms with Gasteiger partial charge in [0.1, 0.15) is 12.4 Å². The molecule has 0 aromatic heterocycles. The molecule has 3 aromatic rings. The number of ether oxygens (including phenoxy) is 3. The number of methoxy groups -OCH3 is 2. The molecule has 4 nitrogen and oxygen atoms in total. The van der Waals surface area contributed by atoms with E-state index in [1.165, 1.54) is 5.56 Å². The van der Waals surface area contributed by atoms with E-state index in [4.69, 9.17) is 25.8 Å². The lowest BCUT2D eigenvalue weighted by molar-refractivity contribution is 0.284. The van der Waals surface area contributed by atoms with Crippen molar-refractivity contribution in [1.29, 1.82) is 0 Å². The maximum Gasteiger partial charge on any atom is 0.163 e. The second-order valence-corrected chi connectivity index (χ2v) is 7.01.